The minimum Gasteiger partial charge on any atom is -0.311 e. The highest BCUT2D eigenvalue weighted by atomic mass is 35.5. The smallest absolute Gasteiger partial charge is 0.226 e. The van der Waals surface area contributed by atoms with Crippen LogP contribution >= 0.6 is 11.6 Å². The van der Waals surface area contributed by atoms with Crippen LogP contribution in [0.3, 0.4) is 0 Å². The number of anilines is 1. The van der Waals surface area contributed by atoms with Crippen LogP contribution in [-0.2, 0) is 6.54 Å². The normalized spacial score (nSPS) is 11.3. The summed E-state index contributed by atoms with van der Waals surface area (Å²) in [5, 5.41) is 9.08. The number of imidazole rings is 1. The summed E-state index contributed by atoms with van der Waals surface area (Å²) in [5.41, 5.74) is 4.12. The molecule has 1 aromatic carbocycles. The minimum atomic E-state index is 0.0489. The zero-order chi connectivity index (χ0) is 14.7. The van der Waals surface area contributed by atoms with E-state index < -0.39 is 0 Å². The third kappa shape index (κ3) is 2.86. The van der Waals surface area contributed by atoms with Gasteiger partial charge in [0, 0.05) is 6.54 Å². The topological polar surface area (TPSA) is 75.9 Å². The molecule has 0 aliphatic heterocycles. The van der Waals surface area contributed by atoms with E-state index in [1.54, 1.807) is 6.33 Å². The second kappa shape index (κ2) is 5.90. The molecule has 3 aromatic rings. The maximum absolute atomic E-state index is 9.03. The Morgan fingerprint density at radius 1 is 1.24 bits per heavy atom. The van der Waals surface area contributed by atoms with Gasteiger partial charge >= 0.3 is 0 Å². The molecule has 0 fully saturated rings. The molecule has 0 saturated carbocycles. The molecule has 0 atom stereocenters. The van der Waals surface area contributed by atoms with Crippen LogP contribution in [0.1, 0.15) is 5.56 Å². The third-order valence-corrected chi connectivity index (χ3v) is 3.12. The summed E-state index contributed by atoms with van der Waals surface area (Å²) < 4.78 is 1.82. The Hall–Kier alpha value is -2.44. The molecule has 0 spiro atoms. The number of benzene rings is 1. The maximum Gasteiger partial charge on any atom is 0.226 e. The number of halogens is 1. The predicted molar refractivity (Wildman–Crippen MR) is 81.2 cm³/mol. The van der Waals surface area contributed by atoms with Crippen LogP contribution in [0, 0.1) is 0 Å². The standard InChI is InChI=1S/C14H12ClN5O/c15-14-17-12(19-21)11-13(18-14)20(9-16-11)8-4-7-10-5-2-1-3-6-10/h1-7,9,21H,8H2,(H,17,18,19)/b7-4+. The summed E-state index contributed by atoms with van der Waals surface area (Å²) in [4.78, 5) is 12.2. The molecule has 0 aliphatic rings. The molecule has 3 rings (SSSR count). The number of aromatic nitrogens is 4. The number of nitrogens with one attached hydrogen (secondary N) is 1. The summed E-state index contributed by atoms with van der Waals surface area (Å²) in [6.45, 7) is 0.587. The molecule has 2 aromatic heterocycles. The minimum absolute atomic E-state index is 0.0489. The number of hydrogen-bond donors (Lipinski definition) is 2. The van der Waals surface area contributed by atoms with E-state index >= 15 is 0 Å². The lowest BCUT2D eigenvalue weighted by Crippen LogP contribution is -1.99. The van der Waals surface area contributed by atoms with E-state index in [9.17, 15) is 0 Å². The second-order valence-corrected chi connectivity index (χ2v) is 4.67. The number of hydrogen-bond acceptors (Lipinski definition) is 5. The molecular weight excluding hydrogens is 290 g/mol. The summed E-state index contributed by atoms with van der Waals surface area (Å²) in [7, 11) is 0. The van der Waals surface area contributed by atoms with Gasteiger partial charge in [-0.15, -0.1) is 0 Å². The van der Waals surface area contributed by atoms with Crippen LogP contribution in [0.25, 0.3) is 17.2 Å². The van der Waals surface area contributed by atoms with Crippen LogP contribution in [0.2, 0.25) is 5.28 Å². The van der Waals surface area contributed by atoms with Crippen molar-refractivity contribution < 1.29 is 5.21 Å². The van der Waals surface area contributed by atoms with E-state index in [4.69, 9.17) is 16.8 Å². The van der Waals surface area contributed by atoms with E-state index in [2.05, 4.69) is 15.0 Å². The highest BCUT2D eigenvalue weighted by molar-refractivity contribution is 6.28. The fraction of sp³-hybridized carbons (Fsp3) is 0.0714. The summed E-state index contributed by atoms with van der Waals surface area (Å²) in [5.74, 6) is 0.191. The first kappa shape index (κ1) is 13.5. The number of nitrogens with zero attached hydrogens (tertiary/aromatic N) is 4. The molecule has 7 heteroatoms. The number of fused-ring (bicyclic) bond motifs is 1. The lowest BCUT2D eigenvalue weighted by molar-refractivity contribution is 0.386. The van der Waals surface area contributed by atoms with E-state index in [1.807, 2.05) is 52.5 Å². The van der Waals surface area contributed by atoms with Gasteiger partial charge in [0.15, 0.2) is 17.0 Å². The van der Waals surface area contributed by atoms with Crippen molar-refractivity contribution in [3.63, 3.8) is 0 Å². The largest absolute Gasteiger partial charge is 0.311 e. The first-order valence-corrected chi connectivity index (χ1v) is 6.66. The van der Waals surface area contributed by atoms with Crippen molar-refractivity contribution >= 4 is 34.7 Å². The van der Waals surface area contributed by atoms with Gasteiger partial charge < -0.3 is 4.57 Å². The predicted octanol–water partition coefficient (Wildman–Crippen LogP) is 2.99. The Bertz CT molecular complexity index is 785. The van der Waals surface area contributed by atoms with Crippen molar-refractivity contribution in [1.29, 1.82) is 0 Å². The maximum atomic E-state index is 9.03. The third-order valence-electron chi connectivity index (χ3n) is 2.95. The first-order valence-electron chi connectivity index (χ1n) is 6.28. The van der Waals surface area contributed by atoms with Crippen molar-refractivity contribution in [1.82, 2.24) is 19.5 Å². The van der Waals surface area contributed by atoms with Crippen LogP contribution in [0.15, 0.2) is 42.7 Å². The van der Waals surface area contributed by atoms with Gasteiger partial charge in [-0.05, 0) is 17.2 Å². The average molecular weight is 302 g/mol. The Labute approximate surface area is 125 Å². The molecule has 2 heterocycles. The summed E-state index contributed by atoms with van der Waals surface area (Å²) in [6, 6.07) is 9.99. The molecule has 6 nitrogen and oxygen atoms in total. The Morgan fingerprint density at radius 3 is 2.81 bits per heavy atom. The van der Waals surface area contributed by atoms with Gasteiger partial charge in [0.1, 0.15) is 0 Å². The van der Waals surface area contributed by atoms with Gasteiger partial charge in [-0.25, -0.2) is 4.98 Å². The van der Waals surface area contributed by atoms with Crippen molar-refractivity contribution in [3.8, 4) is 0 Å². The van der Waals surface area contributed by atoms with Crippen molar-refractivity contribution in [2.45, 2.75) is 6.54 Å². The Morgan fingerprint density at radius 2 is 2.05 bits per heavy atom. The van der Waals surface area contributed by atoms with Crippen LogP contribution in [-0.4, -0.2) is 24.7 Å². The van der Waals surface area contributed by atoms with Gasteiger partial charge in [-0.1, -0.05) is 42.5 Å². The highest BCUT2D eigenvalue weighted by Gasteiger charge is 2.11. The lowest BCUT2D eigenvalue weighted by Gasteiger charge is -2.02. The Kier molecular flexibility index (Phi) is 3.81. The summed E-state index contributed by atoms with van der Waals surface area (Å²) in [6.07, 6.45) is 5.64. The zero-order valence-corrected chi connectivity index (χ0v) is 11.7. The second-order valence-electron chi connectivity index (χ2n) is 4.34. The fourth-order valence-electron chi connectivity index (χ4n) is 2.00. The van der Waals surface area contributed by atoms with Crippen LogP contribution < -0.4 is 5.48 Å². The Balaban J connectivity index is 1.88. The van der Waals surface area contributed by atoms with E-state index in [-0.39, 0.29) is 11.1 Å². The molecule has 106 valence electrons. The van der Waals surface area contributed by atoms with Crippen LogP contribution in [0.4, 0.5) is 5.82 Å². The summed E-state index contributed by atoms with van der Waals surface area (Å²) >= 11 is 5.83. The molecule has 0 aliphatic carbocycles. The number of rotatable bonds is 4. The molecule has 0 amide bonds. The van der Waals surface area contributed by atoms with E-state index in [0.717, 1.165) is 5.56 Å². The van der Waals surface area contributed by atoms with Gasteiger partial charge in [0.25, 0.3) is 0 Å². The molecule has 0 unspecified atom stereocenters. The average Bonchev–Trinajstić information content (AvgIpc) is 2.90. The zero-order valence-electron chi connectivity index (χ0n) is 10.9. The monoisotopic (exact) mass is 301 g/mol. The van der Waals surface area contributed by atoms with E-state index in [1.165, 1.54) is 0 Å². The highest BCUT2D eigenvalue weighted by Crippen LogP contribution is 2.20. The van der Waals surface area contributed by atoms with Crippen LogP contribution in [0.5, 0.6) is 0 Å². The molecule has 21 heavy (non-hydrogen) atoms. The molecule has 0 saturated heterocycles. The quantitative estimate of drug-likeness (QED) is 0.572. The van der Waals surface area contributed by atoms with Crippen molar-refractivity contribution in [2.75, 3.05) is 5.48 Å². The SMILES string of the molecule is ONc1nc(Cl)nc2c1ncn2C/C=C/c1ccccc1. The van der Waals surface area contributed by atoms with E-state index in [0.29, 0.717) is 17.7 Å². The lowest BCUT2D eigenvalue weighted by atomic mass is 10.2. The van der Waals surface area contributed by atoms with Gasteiger partial charge in [0.2, 0.25) is 5.28 Å². The molecular formula is C14H12ClN5O. The van der Waals surface area contributed by atoms with Gasteiger partial charge in [-0.2, -0.15) is 9.97 Å². The first-order chi connectivity index (χ1) is 10.3. The van der Waals surface area contributed by atoms with Gasteiger partial charge in [0.05, 0.1) is 6.33 Å². The van der Waals surface area contributed by atoms with Gasteiger partial charge in [-0.3, -0.25) is 10.7 Å². The fourth-order valence-corrected chi connectivity index (χ4v) is 2.16. The molecule has 2 N–H and O–H groups in total. The van der Waals surface area contributed by atoms with Crippen molar-refractivity contribution in [2.24, 2.45) is 0 Å². The van der Waals surface area contributed by atoms with Crippen molar-refractivity contribution in [3.05, 3.63) is 53.6 Å². The molecule has 0 bridgehead atoms. The molecule has 0 radical (unpaired) electrons. The number of allylic oxidation sites excluding steroid dienone is 1.